The first-order valence-electron chi connectivity index (χ1n) is 5.60. The van der Waals surface area contributed by atoms with Crippen molar-refractivity contribution in [3.8, 4) is 12.3 Å². The minimum atomic E-state index is 0.220. The fraction of sp³-hybridized carbons (Fsp3) is 0.538. The highest BCUT2D eigenvalue weighted by molar-refractivity contribution is 7.10. The molecule has 1 nitrogen and oxygen atoms in total. The van der Waals surface area contributed by atoms with Gasteiger partial charge in [-0.1, -0.05) is 18.9 Å². The first kappa shape index (κ1) is 10.7. The lowest BCUT2D eigenvalue weighted by atomic mass is 10.1. The van der Waals surface area contributed by atoms with Gasteiger partial charge in [-0.2, -0.15) is 0 Å². The minimum absolute atomic E-state index is 0.220. The Morgan fingerprint density at radius 2 is 2.47 bits per heavy atom. The molecular weight excluding hydrogens is 202 g/mol. The normalized spacial score (nSPS) is 19.5. The second-order valence-corrected chi connectivity index (χ2v) is 5.10. The van der Waals surface area contributed by atoms with E-state index in [1.165, 1.54) is 17.7 Å². The molecule has 1 aromatic heterocycles. The third-order valence-electron chi connectivity index (χ3n) is 2.93. The lowest BCUT2D eigenvalue weighted by Crippen LogP contribution is -2.31. The molecule has 1 N–H and O–H groups in total. The number of terminal acetylenes is 1. The maximum atomic E-state index is 5.50. The monoisotopic (exact) mass is 219 g/mol. The van der Waals surface area contributed by atoms with E-state index in [-0.39, 0.29) is 6.04 Å². The summed E-state index contributed by atoms with van der Waals surface area (Å²) in [5.41, 5.74) is 0. The summed E-state index contributed by atoms with van der Waals surface area (Å²) in [5, 5.41) is 5.73. The highest BCUT2D eigenvalue weighted by Gasteiger charge is 2.33. The maximum absolute atomic E-state index is 5.50. The smallest absolute Gasteiger partial charge is 0.0689 e. The molecule has 1 heterocycles. The van der Waals surface area contributed by atoms with E-state index in [1.54, 1.807) is 0 Å². The molecule has 0 spiro atoms. The Labute approximate surface area is 95.9 Å². The van der Waals surface area contributed by atoms with Gasteiger partial charge < -0.3 is 0 Å². The van der Waals surface area contributed by atoms with E-state index in [0.717, 1.165) is 12.3 Å². The van der Waals surface area contributed by atoms with Gasteiger partial charge >= 0.3 is 0 Å². The molecular formula is C13H17NS. The SMILES string of the molecule is C#CC(CC)NC(c1cccs1)C1CC1. The van der Waals surface area contributed by atoms with Gasteiger partial charge in [0.15, 0.2) is 0 Å². The van der Waals surface area contributed by atoms with Gasteiger partial charge in [0.1, 0.15) is 0 Å². The third-order valence-corrected chi connectivity index (χ3v) is 3.89. The van der Waals surface area contributed by atoms with Crippen molar-refractivity contribution in [2.75, 3.05) is 0 Å². The zero-order chi connectivity index (χ0) is 10.7. The Hall–Kier alpha value is -0.780. The summed E-state index contributed by atoms with van der Waals surface area (Å²) in [6.07, 6.45) is 9.19. The van der Waals surface area contributed by atoms with Crippen LogP contribution in [0.25, 0.3) is 0 Å². The molecule has 1 fully saturated rings. The van der Waals surface area contributed by atoms with Crippen LogP contribution in [0.3, 0.4) is 0 Å². The van der Waals surface area contributed by atoms with E-state index in [0.29, 0.717) is 6.04 Å². The quantitative estimate of drug-likeness (QED) is 0.750. The van der Waals surface area contributed by atoms with Crippen molar-refractivity contribution in [2.45, 2.75) is 38.3 Å². The predicted octanol–water partition coefficient (Wildman–Crippen LogP) is 3.20. The highest BCUT2D eigenvalue weighted by atomic mass is 32.1. The van der Waals surface area contributed by atoms with Crippen molar-refractivity contribution >= 4 is 11.3 Å². The van der Waals surface area contributed by atoms with Crippen LogP contribution in [-0.2, 0) is 0 Å². The summed E-state index contributed by atoms with van der Waals surface area (Å²) in [4.78, 5) is 1.44. The Bertz CT molecular complexity index is 332. The van der Waals surface area contributed by atoms with E-state index in [2.05, 4.69) is 35.7 Å². The molecule has 0 aliphatic heterocycles. The van der Waals surface area contributed by atoms with Crippen LogP contribution in [0.2, 0.25) is 0 Å². The van der Waals surface area contributed by atoms with Crippen LogP contribution >= 0.6 is 11.3 Å². The molecule has 80 valence electrons. The van der Waals surface area contributed by atoms with E-state index in [1.807, 2.05) is 11.3 Å². The van der Waals surface area contributed by atoms with Crippen LogP contribution in [0.1, 0.15) is 37.1 Å². The van der Waals surface area contributed by atoms with Gasteiger partial charge in [-0.25, -0.2) is 0 Å². The Morgan fingerprint density at radius 1 is 1.67 bits per heavy atom. The minimum Gasteiger partial charge on any atom is -0.296 e. The lowest BCUT2D eigenvalue weighted by molar-refractivity contribution is 0.448. The van der Waals surface area contributed by atoms with E-state index in [4.69, 9.17) is 6.42 Å². The van der Waals surface area contributed by atoms with Gasteiger partial charge in [0.2, 0.25) is 0 Å². The Balaban J connectivity index is 2.04. The average Bonchev–Trinajstić information content (AvgIpc) is 2.95. The van der Waals surface area contributed by atoms with Gasteiger partial charge in [-0.15, -0.1) is 17.8 Å². The Kier molecular flexibility index (Phi) is 3.45. The molecule has 1 saturated carbocycles. The number of rotatable bonds is 5. The molecule has 2 atom stereocenters. The fourth-order valence-electron chi connectivity index (χ4n) is 1.85. The summed E-state index contributed by atoms with van der Waals surface area (Å²) in [6.45, 7) is 2.13. The van der Waals surface area contributed by atoms with Crippen LogP contribution in [0.15, 0.2) is 17.5 Å². The summed E-state index contributed by atoms with van der Waals surface area (Å²) in [7, 11) is 0. The summed E-state index contributed by atoms with van der Waals surface area (Å²) in [5.74, 6) is 3.63. The van der Waals surface area contributed by atoms with Crippen LogP contribution < -0.4 is 5.32 Å². The van der Waals surface area contributed by atoms with Crippen molar-refractivity contribution in [1.82, 2.24) is 5.32 Å². The first-order chi connectivity index (χ1) is 7.35. The molecule has 2 heteroatoms. The van der Waals surface area contributed by atoms with Crippen molar-refractivity contribution in [3.05, 3.63) is 22.4 Å². The second kappa shape index (κ2) is 4.83. The van der Waals surface area contributed by atoms with Gasteiger partial charge in [-0.3, -0.25) is 5.32 Å². The molecule has 1 aromatic rings. The van der Waals surface area contributed by atoms with Crippen LogP contribution in [0.5, 0.6) is 0 Å². The standard InChI is InChI=1S/C13H17NS/c1-3-11(4-2)14-13(10-7-8-10)12-6-5-9-15-12/h1,5-6,9-11,13-14H,4,7-8H2,2H3. The molecule has 0 radical (unpaired) electrons. The molecule has 0 aromatic carbocycles. The van der Waals surface area contributed by atoms with Gasteiger partial charge in [-0.05, 0) is 36.6 Å². The molecule has 1 aliphatic rings. The van der Waals surface area contributed by atoms with Crippen molar-refractivity contribution < 1.29 is 0 Å². The van der Waals surface area contributed by atoms with Crippen molar-refractivity contribution in [3.63, 3.8) is 0 Å². The maximum Gasteiger partial charge on any atom is 0.0689 e. The number of nitrogens with one attached hydrogen (secondary N) is 1. The van der Waals surface area contributed by atoms with Gasteiger partial charge in [0.05, 0.1) is 6.04 Å². The number of hydrogen-bond acceptors (Lipinski definition) is 2. The Morgan fingerprint density at radius 3 is 2.93 bits per heavy atom. The fourth-order valence-corrected chi connectivity index (χ4v) is 2.73. The molecule has 0 bridgehead atoms. The predicted molar refractivity (Wildman–Crippen MR) is 65.8 cm³/mol. The van der Waals surface area contributed by atoms with Crippen LogP contribution in [0.4, 0.5) is 0 Å². The molecule has 0 saturated heterocycles. The van der Waals surface area contributed by atoms with Crippen LogP contribution in [0, 0.1) is 18.3 Å². The van der Waals surface area contributed by atoms with Crippen molar-refractivity contribution in [1.29, 1.82) is 0 Å². The molecule has 15 heavy (non-hydrogen) atoms. The summed E-state index contributed by atoms with van der Waals surface area (Å²) >= 11 is 1.83. The molecule has 2 unspecified atom stereocenters. The lowest BCUT2D eigenvalue weighted by Gasteiger charge is -2.20. The zero-order valence-electron chi connectivity index (χ0n) is 9.07. The zero-order valence-corrected chi connectivity index (χ0v) is 9.89. The third kappa shape index (κ3) is 2.62. The molecule has 1 aliphatic carbocycles. The van der Waals surface area contributed by atoms with Crippen LogP contribution in [-0.4, -0.2) is 6.04 Å². The number of thiophene rings is 1. The topological polar surface area (TPSA) is 12.0 Å². The van der Waals surface area contributed by atoms with Crippen molar-refractivity contribution in [2.24, 2.45) is 5.92 Å². The largest absolute Gasteiger partial charge is 0.296 e. The van der Waals surface area contributed by atoms with E-state index >= 15 is 0 Å². The summed E-state index contributed by atoms with van der Waals surface area (Å²) < 4.78 is 0. The number of hydrogen-bond donors (Lipinski definition) is 1. The molecule has 0 amide bonds. The highest BCUT2D eigenvalue weighted by Crippen LogP contribution is 2.42. The average molecular weight is 219 g/mol. The van der Waals surface area contributed by atoms with Gasteiger partial charge in [0, 0.05) is 10.9 Å². The van der Waals surface area contributed by atoms with E-state index in [9.17, 15) is 0 Å². The van der Waals surface area contributed by atoms with Gasteiger partial charge in [0.25, 0.3) is 0 Å². The second-order valence-electron chi connectivity index (χ2n) is 4.12. The summed E-state index contributed by atoms with van der Waals surface area (Å²) in [6, 6.07) is 5.04. The van der Waals surface area contributed by atoms with E-state index < -0.39 is 0 Å². The molecule has 2 rings (SSSR count). The first-order valence-corrected chi connectivity index (χ1v) is 6.48.